The highest BCUT2D eigenvalue weighted by Gasteiger charge is 2.10. The number of ether oxygens (including phenoxy) is 1. The van der Waals surface area contributed by atoms with Crippen LogP contribution in [-0.2, 0) is 0 Å². The average Bonchev–Trinajstić information content (AvgIpc) is 2.81. The fourth-order valence-electron chi connectivity index (χ4n) is 2.16. The Morgan fingerprint density at radius 2 is 2.00 bits per heavy atom. The number of methoxy groups -OCH3 is 1. The van der Waals surface area contributed by atoms with E-state index in [1.54, 1.807) is 7.11 Å². The van der Waals surface area contributed by atoms with Crippen molar-refractivity contribution in [3.63, 3.8) is 0 Å². The molecule has 0 aliphatic rings. The molecular weight excluding hydrogens is 238 g/mol. The van der Waals surface area contributed by atoms with Crippen LogP contribution in [0.2, 0.25) is 0 Å². The van der Waals surface area contributed by atoms with Gasteiger partial charge < -0.3 is 14.9 Å². The predicted octanol–water partition coefficient (Wildman–Crippen LogP) is 2.90. The maximum absolute atomic E-state index is 5.78. The zero-order valence-corrected chi connectivity index (χ0v) is 10.9. The van der Waals surface area contributed by atoms with Gasteiger partial charge in [0.25, 0.3) is 0 Å². The quantitative estimate of drug-likeness (QED) is 0.764. The molecule has 0 bridgehead atoms. The average molecular weight is 253 g/mol. The van der Waals surface area contributed by atoms with Crippen LogP contribution in [-0.4, -0.2) is 16.5 Å². The highest BCUT2D eigenvalue weighted by Crippen LogP contribution is 2.30. The lowest BCUT2D eigenvalue weighted by molar-refractivity contribution is 0.416. The van der Waals surface area contributed by atoms with Gasteiger partial charge in [0, 0.05) is 23.6 Å². The first-order chi connectivity index (χ1) is 9.17. The first-order valence-corrected chi connectivity index (χ1v) is 6.06. The Labute approximate surface area is 111 Å². The first-order valence-electron chi connectivity index (χ1n) is 6.06. The Kier molecular flexibility index (Phi) is 2.63. The third-order valence-corrected chi connectivity index (χ3v) is 3.10. The molecule has 2 N–H and O–H groups in total. The minimum Gasteiger partial charge on any atom is -0.496 e. The Hall–Kier alpha value is -2.49. The molecule has 0 atom stereocenters. The summed E-state index contributed by atoms with van der Waals surface area (Å²) in [6.45, 7) is 2.05. The molecule has 0 spiro atoms. The number of nitrogens with zero attached hydrogens (tertiary/aromatic N) is 2. The molecule has 0 saturated heterocycles. The summed E-state index contributed by atoms with van der Waals surface area (Å²) in [7, 11) is 1.67. The maximum atomic E-state index is 5.78. The van der Waals surface area contributed by atoms with Gasteiger partial charge in [0.1, 0.15) is 11.4 Å². The molecule has 2 aromatic heterocycles. The minimum absolute atomic E-state index is 0.715. The largest absolute Gasteiger partial charge is 0.496 e. The lowest BCUT2D eigenvalue weighted by atomic mass is 10.1. The molecule has 96 valence electrons. The molecule has 0 aliphatic carbocycles. The summed E-state index contributed by atoms with van der Waals surface area (Å²) in [5, 5.41) is 0. The molecule has 0 aliphatic heterocycles. The number of aryl methyl sites for hydroxylation is 1. The highest BCUT2D eigenvalue weighted by atomic mass is 16.5. The van der Waals surface area contributed by atoms with Crippen LogP contribution in [0.25, 0.3) is 16.9 Å². The molecule has 0 saturated carbocycles. The number of aromatic nitrogens is 2. The van der Waals surface area contributed by atoms with Gasteiger partial charge in [0.05, 0.1) is 12.8 Å². The van der Waals surface area contributed by atoms with Gasteiger partial charge in [0.2, 0.25) is 0 Å². The molecule has 0 unspecified atom stereocenters. The van der Waals surface area contributed by atoms with Crippen LogP contribution in [0.1, 0.15) is 5.56 Å². The molecule has 0 amide bonds. The van der Waals surface area contributed by atoms with Crippen LogP contribution in [0.3, 0.4) is 0 Å². The molecule has 4 nitrogen and oxygen atoms in total. The second-order valence-corrected chi connectivity index (χ2v) is 4.56. The van der Waals surface area contributed by atoms with Crippen LogP contribution in [0.15, 0.2) is 42.7 Å². The summed E-state index contributed by atoms with van der Waals surface area (Å²) in [5.74, 6) is 0.821. The van der Waals surface area contributed by atoms with E-state index in [-0.39, 0.29) is 0 Å². The summed E-state index contributed by atoms with van der Waals surface area (Å²) < 4.78 is 7.32. The van der Waals surface area contributed by atoms with Crippen molar-refractivity contribution < 1.29 is 4.74 Å². The van der Waals surface area contributed by atoms with Crippen molar-refractivity contribution in [3.05, 3.63) is 48.3 Å². The summed E-state index contributed by atoms with van der Waals surface area (Å²) in [6, 6.07) is 9.81. The van der Waals surface area contributed by atoms with Gasteiger partial charge >= 0.3 is 0 Å². The number of anilines is 1. The summed E-state index contributed by atoms with van der Waals surface area (Å²) >= 11 is 0. The van der Waals surface area contributed by atoms with Crippen LogP contribution < -0.4 is 10.5 Å². The Morgan fingerprint density at radius 1 is 1.16 bits per heavy atom. The molecule has 1 aromatic carbocycles. The van der Waals surface area contributed by atoms with E-state index in [0.717, 1.165) is 22.7 Å². The number of nitrogens with two attached hydrogens (primary N) is 1. The van der Waals surface area contributed by atoms with Crippen molar-refractivity contribution in [1.82, 2.24) is 9.38 Å². The van der Waals surface area contributed by atoms with Gasteiger partial charge in [0.15, 0.2) is 0 Å². The van der Waals surface area contributed by atoms with Crippen LogP contribution in [0, 0.1) is 6.92 Å². The lowest BCUT2D eigenvalue weighted by Crippen LogP contribution is -1.88. The first kappa shape index (κ1) is 11.6. The molecule has 4 heteroatoms. The van der Waals surface area contributed by atoms with Gasteiger partial charge in [-0.15, -0.1) is 0 Å². The number of fused-ring (bicyclic) bond motifs is 1. The molecule has 0 radical (unpaired) electrons. The van der Waals surface area contributed by atoms with Gasteiger partial charge in [-0.3, -0.25) is 0 Å². The number of nitrogen functional groups attached to an aromatic ring is 1. The monoisotopic (exact) mass is 253 g/mol. The Morgan fingerprint density at radius 3 is 2.79 bits per heavy atom. The van der Waals surface area contributed by atoms with E-state index in [9.17, 15) is 0 Å². The topological polar surface area (TPSA) is 52.5 Å². The smallest absolute Gasteiger partial charge is 0.137 e. The van der Waals surface area contributed by atoms with Crippen LogP contribution in [0.4, 0.5) is 5.69 Å². The number of benzene rings is 1. The Bertz CT molecular complexity index is 746. The fourth-order valence-corrected chi connectivity index (χ4v) is 2.16. The molecule has 3 rings (SSSR count). The second-order valence-electron chi connectivity index (χ2n) is 4.56. The number of rotatable bonds is 2. The Balaban J connectivity index is 2.21. The standard InChI is InChI=1S/C15H15N3O/c1-10-3-5-14(19-2)12(7-10)13-9-18-8-11(16)4-6-15(18)17-13/h3-9H,16H2,1-2H3. The molecule has 2 heterocycles. The molecule has 19 heavy (non-hydrogen) atoms. The van der Waals surface area contributed by atoms with E-state index in [1.807, 2.05) is 41.1 Å². The summed E-state index contributed by atoms with van der Waals surface area (Å²) in [5.41, 5.74) is 10.4. The zero-order chi connectivity index (χ0) is 13.4. The minimum atomic E-state index is 0.715. The van der Waals surface area contributed by atoms with Crippen LogP contribution >= 0.6 is 0 Å². The number of hydrogen-bond donors (Lipinski definition) is 1. The summed E-state index contributed by atoms with van der Waals surface area (Å²) in [4.78, 5) is 4.60. The van der Waals surface area contributed by atoms with Gasteiger partial charge in [-0.25, -0.2) is 4.98 Å². The third-order valence-electron chi connectivity index (χ3n) is 3.10. The number of hydrogen-bond acceptors (Lipinski definition) is 3. The van der Waals surface area contributed by atoms with E-state index >= 15 is 0 Å². The van der Waals surface area contributed by atoms with Crippen molar-refractivity contribution in [2.24, 2.45) is 0 Å². The van der Waals surface area contributed by atoms with Gasteiger partial charge in [-0.1, -0.05) is 11.6 Å². The zero-order valence-electron chi connectivity index (χ0n) is 10.9. The lowest BCUT2D eigenvalue weighted by Gasteiger charge is -2.06. The SMILES string of the molecule is COc1ccc(C)cc1-c1cn2cc(N)ccc2n1. The summed E-state index contributed by atoms with van der Waals surface area (Å²) in [6.07, 6.45) is 3.82. The maximum Gasteiger partial charge on any atom is 0.137 e. The van der Waals surface area contributed by atoms with Crippen molar-refractivity contribution in [2.45, 2.75) is 6.92 Å². The fraction of sp³-hybridized carbons (Fsp3) is 0.133. The van der Waals surface area contributed by atoms with Crippen molar-refractivity contribution in [1.29, 1.82) is 0 Å². The predicted molar refractivity (Wildman–Crippen MR) is 76.3 cm³/mol. The second kappa shape index (κ2) is 4.31. The van der Waals surface area contributed by atoms with Crippen molar-refractivity contribution in [2.75, 3.05) is 12.8 Å². The normalized spacial score (nSPS) is 10.8. The number of pyridine rings is 1. The third kappa shape index (κ3) is 2.01. The van der Waals surface area contributed by atoms with Crippen molar-refractivity contribution in [3.8, 4) is 17.0 Å². The van der Waals surface area contributed by atoms with E-state index in [1.165, 1.54) is 5.56 Å². The van der Waals surface area contributed by atoms with Crippen molar-refractivity contribution >= 4 is 11.3 Å². The highest BCUT2D eigenvalue weighted by molar-refractivity contribution is 5.70. The van der Waals surface area contributed by atoms with Crippen LogP contribution in [0.5, 0.6) is 5.75 Å². The molecule has 3 aromatic rings. The van der Waals surface area contributed by atoms with Gasteiger partial charge in [-0.2, -0.15) is 0 Å². The van der Waals surface area contributed by atoms with E-state index < -0.39 is 0 Å². The van der Waals surface area contributed by atoms with E-state index in [4.69, 9.17) is 10.5 Å². The molecule has 0 fully saturated rings. The molecular formula is C15H15N3O. The van der Waals surface area contributed by atoms with E-state index in [2.05, 4.69) is 18.0 Å². The van der Waals surface area contributed by atoms with Gasteiger partial charge in [-0.05, 0) is 31.2 Å². The van der Waals surface area contributed by atoms with E-state index in [0.29, 0.717) is 5.69 Å². The number of imidazole rings is 1.